The largest absolute Gasteiger partial charge is 0.465 e. The van der Waals surface area contributed by atoms with E-state index in [9.17, 15) is 19.2 Å². The van der Waals surface area contributed by atoms with Gasteiger partial charge in [-0.2, -0.15) is 0 Å². The number of cyclic esters (lactones) is 1. The van der Waals surface area contributed by atoms with Crippen molar-refractivity contribution in [3.05, 3.63) is 22.8 Å². The van der Waals surface area contributed by atoms with Crippen LogP contribution in [0.3, 0.4) is 0 Å². The first-order chi connectivity index (χ1) is 15.9. The number of ether oxygens (including phenoxy) is 4. The van der Waals surface area contributed by atoms with Crippen molar-refractivity contribution in [1.82, 2.24) is 0 Å². The third-order valence-corrected chi connectivity index (χ3v) is 7.93. The van der Waals surface area contributed by atoms with Crippen LogP contribution in [-0.2, 0) is 38.1 Å². The van der Waals surface area contributed by atoms with E-state index in [1.54, 1.807) is 6.08 Å². The first-order valence-electron chi connectivity index (χ1n) is 11.9. The molecule has 1 heterocycles. The molecule has 0 spiro atoms. The fourth-order valence-electron chi connectivity index (χ4n) is 6.39. The van der Waals surface area contributed by atoms with Crippen LogP contribution in [0.5, 0.6) is 0 Å². The van der Waals surface area contributed by atoms with E-state index in [4.69, 9.17) is 18.9 Å². The number of rotatable bonds is 7. The van der Waals surface area contributed by atoms with Crippen molar-refractivity contribution < 1.29 is 38.1 Å². The Balaban J connectivity index is 1.99. The molecule has 0 unspecified atom stereocenters. The lowest BCUT2D eigenvalue weighted by Crippen LogP contribution is -2.57. The van der Waals surface area contributed by atoms with Crippen LogP contribution in [0.1, 0.15) is 73.6 Å². The maximum Gasteiger partial charge on any atom is 0.337 e. The van der Waals surface area contributed by atoms with E-state index in [0.717, 1.165) is 24.8 Å². The van der Waals surface area contributed by atoms with Gasteiger partial charge in [0.25, 0.3) is 0 Å². The van der Waals surface area contributed by atoms with Crippen molar-refractivity contribution in [3.8, 4) is 0 Å². The number of allylic oxidation sites excluding steroid dienone is 1. The predicted molar refractivity (Wildman–Crippen MR) is 122 cm³/mol. The maximum atomic E-state index is 12.3. The zero-order chi connectivity index (χ0) is 25.3. The number of hydrogen-bond acceptors (Lipinski definition) is 8. The smallest absolute Gasteiger partial charge is 0.337 e. The van der Waals surface area contributed by atoms with Gasteiger partial charge in [-0.15, -0.1) is 0 Å². The Morgan fingerprint density at radius 2 is 1.82 bits per heavy atom. The summed E-state index contributed by atoms with van der Waals surface area (Å²) in [6, 6.07) is 0. The van der Waals surface area contributed by atoms with Crippen LogP contribution in [0.2, 0.25) is 0 Å². The number of hydrogen-bond donors (Lipinski definition) is 0. The highest BCUT2D eigenvalue weighted by Gasteiger charge is 2.58. The molecule has 0 N–H and O–H groups in total. The molecule has 0 aromatic heterocycles. The third-order valence-electron chi connectivity index (χ3n) is 7.93. The van der Waals surface area contributed by atoms with Gasteiger partial charge in [0.1, 0.15) is 25.4 Å². The summed E-state index contributed by atoms with van der Waals surface area (Å²) in [7, 11) is 0. The second kappa shape index (κ2) is 9.92. The first kappa shape index (κ1) is 26.0. The molecule has 1 saturated carbocycles. The van der Waals surface area contributed by atoms with Gasteiger partial charge in [0.15, 0.2) is 0 Å². The van der Waals surface area contributed by atoms with Crippen LogP contribution in [0.25, 0.3) is 0 Å². The standard InChI is InChI=1S/C26H36O8/c1-15-7-8-22-25(5,11-9-23(34-18(4)29)26(22,6)14-32-16(2)27)20(15)13-21(33-17(3)28)19-10-12-31-24(19)30/h10,21-23H,7-9,11-14H2,1-6H3/t21-,22-,23+,25-,26-/m0/s1. The monoisotopic (exact) mass is 476 g/mol. The minimum absolute atomic E-state index is 0.0543. The van der Waals surface area contributed by atoms with Gasteiger partial charge in [0, 0.05) is 32.6 Å². The van der Waals surface area contributed by atoms with Gasteiger partial charge >= 0.3 is 23.9 Å². The highest BCUT2D eigenvalue weighted by molar-refractivity contribution is 5.92. The van der Waals surface area contributed by atoms with Crippen LogP contribution in [0.15, 0.2) is 22.8 Å². The fraction of sp³-hybridized carbons (Fsp3) is 0.692. The molecule has 0 aromatic rings. The number of esters is 4. The van der Waals surface area contributed by atoms with Gasteiger partial charge < -0.3 is 18.9 Å². The van der Waals surface area contributed by atoms with Gasteiger partial charge in [-0.1, -0.05) is 25.0 Å². The first-order valence-corrected chi connectivity index (χ1v) is 11.9. The zero-order valence-electron chi connectivity index (χ0n) is 21.0. The lowest BCUT2D eigenvalue weighted by molar-refractivity contribution is -0.182. The molecular weight excluding hydrogens is 440 g/mol. The normalized spacial score (nSPS) is 31.7. The summed E-state index contributed by atoms with van der Waals surface area (Å²) in [5.41, 5.74) is 1.83. The minimum Gasteiger partial charge on any atom is -0.465 e. The van der Waals surface area contributed by atoms with Crippen molar-refractivity contribution in [2.24, 2.45) is 16.7 Å². The number of fused-ring (bicyclic) bond motifs is 1. The van der Waals surface area contributed by atoms with E-state index in [2.05, 4.69) is 13.8 Å². The van der Waals surface area contributed by atoms with Crippen molar-refractivity contribution >= 4 is 23.9 Å². The van der Waals surface area contributed by atoms with Gasteiger partial charge in [-0.25, -0.2) is 4.79 Å². The third kappa shape index (κ3) is 5.05. The SMILES string of the molecule is CC(=O)OC[C@@]1(C)[C@H]2CCC(C)=C(C[C@H](OC(C)=O)C3=CCOC3=O)[C@]2(C)CC[C@H]1OC(C)=O. The summed E-state index contributed by atoms with van der Waals surface area (Å²) in [5.74, 6) is -1.59. The van der Waals surface area contributed by atoms with E-state index >= 15 is 0 Å². The summed E-state index contributed by atoms with van der Waals surface area (Å²) in [4.78, 5) is 47.8. The van der Waals surface area contributed by atoms with E-state index in [0.29, 0.717) is 18.4 Å². The van der Waals surface area contributed by atoms with E-state index < -0.39 is 23.5 Å². The summed E-state index contributed by atoms with van der Waals surface area (Å²) in [6.45, 7) is 10.7. The average Bonchev–Trinajstić information content (AvgIpc) is 3.16. The number of carbonyl (C=O) groups is 4. The number of carbonyl (C=O) groups excluding carboxylic acids is 4. The second-order valence-electron chi connectivity index (χ2n) is 10.3. The Morgan fingerprint density at radius 3 is 2.38 bits per heavy atom. The molecule has 34 heavy (non-hydrogen) atoms. The average molecular weight is 477 g/mol. The van der Waals surface area contributed by atoms with Crippen molar-refractivity contribution in [2.75, 3.05) is 13.2 Å². The van der Waals surface area contributed by atoms with E-state index in [-0.39, 0.29) is 42.6 Å². The van der Waals surface area contributed by atoms with Gasteiger partial charge in [0.2, 0.25) is 0 Å². The molecule has 3 aliphatic rings. The molecule has 0 aromatic carbocycles. The van der Waals surface area contributed by atoms with E-state index in [1.165, 1.54) is 26.3 Å². The van der Waals surface area contributed by atoms with Crippen LogP contribution >= 0.6 is 0 Å². The summed E-state index contributed by atoms with van der Waals surface area (Å²) in [6.07, 6.45) is 4.01. The molecule has 188 valence electrons. The van der Waals surface area contributed by atoms with Crippen molar-refractivity contribution in [1.29, 1.82) is 0 Å². The second-order valence-corrected chi connectivity index (χ2v) is 10.3. The van der Waals surface area contributed by atoms with Crippen LogP contribution in [-0.4, -0.2) is 49.3 Å². The Kier molecular flexibility index (Phi) is 7.58. The van der Waals surface area contributed by atoms with Crippen LogP contribution < -0.4 is 0 Å². The quantitative estimate of drug-likeness (QED) is 0.310. The van der Waals surface area contributed by atoms with Gasteiger partial charge in [-0.3, -0.25) is 14.4 Å². The molecule has 2 aliphatic carbocycles. The summed E-state index contributed by atoms with van der Waals surface area (Å²) in [5, 5.41) is 0. The van der Waals surface area contributed by atoms with Crippen LogP contribution in [0.4, 0.5) is 0 Å². The molecular formula is C26H36O8. The van der Waals surface area contributed by atoms with Crippen LogP contribution in [0, 0.1) is 16.7 Å². The molecule has 3 rings (SSSR count). The lowest BCUT2D eigenvalue weighted by atomic mass is 9.48. The van der Waals surface area contributed by atoms with Gasteiger partial charge in [-0.05, 0) is 50.0 Å². The molecule has 0 radical (unpaired) electrons. The highest BCUT2D eigenvalue weighted by atomic mass is 16.6. The Labute approximate surface area is 201 Å². The Bertz CT molecular complexity index is 931. The molecule has 1 fully saturated rings. The predicted octanol–water partition coefficient (Wildman–Crippen LogP) is 3.82. The van der Waals surface area contributed by atoms with E-state index in [1.807, 2.05) is 6.92 Å². The van der Waals surface area contributed by atoms with Crippen molar-refractivity contribution in [2.45, 2.75) is 85.9 Å². The Hall–Kier alpha value is -2.64. The van der Waals surface area contributed by atoms with Gasteiger partial charge in [0.05, 0.1) is 5.57 Å². The fourth-order valence-corrected chi connectivity index (χ4v) is 6.39. The molecule has 0 amide bonds. The maximum absolute atomic E-state index is 12.3. The summed E-state index contributed by atoms with van der Waals surface area (Å²) < 4.78 is 21.9. The van der Waals surface area contributed by atoms with Crippen molar-refractivity contribution in [3.63, 3.8) is 0 Å². The molecule has 8 nitrogen and oxygen atoms in total. The highest BCUT2D eigenvalue weighted by Crippen LogP contribution is 2.61. The minimum atomic E-state index is -0.723. The topological polar surface area (TPSA) is 105 Å². The molecule has 8 heteroatoms. The lowest BCUT2D eigenvalue weighted by Gasteiger charge is -2.58. The summed E-state index contributed by atoms with van der Waals surface area (Å²) >= 11 is 0. The molecule has 0 bridgehead atoms. The Morgan fingerprint density at radius 1 is 1.12 bits per heavy atom. The molecule has 1 aliphatic heterocycles. The molecule has 0 saturated heterocycles. The zero-order valence-corrected chi connectivity index (χ0v) is 21.0. The molecule has 5 atom stereocenters.